The molecule has 0 radical (unpaired) electrons. The van der Waals surface area contributed by atoms with Crippen molar-refractivity contribution in [2.24, 2.45) is 5.73 Å². The van der Waals surface area contributed by atoms with Crippen LogP contribution in [0.3, 0.4) is 0 Å². The molecule has 1 rings (SSSR count). The van der Waals surface area contributed by atoms with E-state index in [4.69, 9.17) is 11.5 Å². The van der Waals surface area contributed by atoms with Gasteiger partial charge in [0.1, 0.15) is 0 Å². The molecule has 1 aromatic rings. The second-order valence-electron chi connectivity index (χ2n) is 3.04. The lowest BCUT2D eigenvalue weighted by atomic mass is 10.0. The minimum absolute atomic E-state index is 0.423. The zero-order valence-electron chi connectivity index (χ0n) is 7.37. The van der Waals surface area contributed by atoms with Crippen LogP contribution in [0.25, 0.3) is 0 Å². The summed E-state index contributed by atoms with van der Waals surface area (Å²) in [6.07, 6.45) is -0.594. The fourth-order valence-electron chi connectivity index (χ4n) is 1.11. The van der Waals surface area contributed by atoms with Crippen molar-refractivity contribution in [3.8, 4) is 0 Å². The topological polar surface area (TPSA) is 72.3 Å². The van der Waals surface area contributed by atoms with E-state index in [1.807, 2.05) is 12.1 Å². The molecule has 0 spiro atoms. The van der Waals surface area contributed by atoms with Crippen LogP contribution in [0.1, 0.15) is 18.5 Å². The molecule has 0 saturated heterocycles. The van der Waals surface area contributed by atoms with Crippen LogP contribution in [0.4, 0.5) is 5.69 Å². The Morgan fingerprint density at radius 3 is 2.54 bits per heavy atom. The number of aliphatic hydroxyl groups is 1. The van der Waals surface area contributed by atoms with E-state index in [1.54, 1.807) is 13.0 Å². The van der Waals surface area contributed by atoms with E-state index in [-0.39, 0.29) is 0 Å². The van der Waals surface area contributed by atoms with Gasteiger partial charge in [0.15, 0.2) is 0 Å². The number of benzene rings is 1. The zero-order valence-corrected chi connectivity index (χ0v) is 8.95. The normalized spacial score (nSPS) is 15.4. The van der Waals surface area contributed by atoms with Crippen molar-refractivity contribution in [1.29, 1.82) is 0 Å². The Kier molecular flexibility index (Phi) is 3.30. The summed E-state index contributed by atoms with van der Waals surface area (Å²) in [5.74, 6) is 0. The molecule has 0 aromatic heterocycles. The van der Waals surface area contributed by atoms with Crippen molar-refractivity contribution in [3.63, 3.8) is 0 Å². The second-order valence-corrected chi connectivity index (χ2v) is 3.96. The van der Waals surface area contributed by atoms with E-state index < -0.39 is 12.1 Å². The first-order valence-electron chi connectivity index (χ1n) is 4.01. The second kappa shape index (κ2) is 4.09. The predicted octanol–water partition coefficient (Wildman–Crippen LogP) is 1.41. The summed E-state index contributed by atoms with van der Waals surface area (Å²) in [7, 11) is 0. The van der Waals surface area contributed by atoms with Gasteiger partial charge in [-0.25, -0.2) is 0 Å². The van der Waals surface area contributed by atoms with E-state index in [2.05, 4.69) is 15.9 Å². The number of nitrogens with two attached hydrogens (primary N) is 2. The van der Waals surface area contributed by atoms with E-state index in [9.17, 15) is 5.11 Å². The van der Waals surface area contributed by atoms with Crippen molar-refractivity contribution in [3.05, 3.63) is 28.2 Å². The largest absolute Gasteiger partial charge is 0.398 e. The molecular weight excluding hydrogens is 232 g/mol. The maximum atomic E-state index is 9.28. The standard InChI is InChI=1S/C9H13BrN2O/c1-5(13)9(12)7-3-2-6(10)4-8(7)11/h2-5,9,13H,11-12H2,1H3/t5?,9-/m0/s1. The number of halogens is 1. The average molecular weight is 245 g/mol. The van der Waals surface area contributed by atoms with Gasteiger partial charge in [-0.05, 0) is 24.6 Å². The lowest BCUT2D eigenvalue weighted by molar-refractivity contribution is 0.164. The maximum absolute atomic E-state index is 9.28. The van der Waals surface area contributed by atoms with Crippen LogP contribution in [-0.4, -0.2) is 11.2 Å². The highest BCUT2D eigenvalue weighted by Crippen LogP contribution is 2.24. The number of nitrogen functional groups attached to an aromatic ring is 1. The van der Waals surface area contributed by atoms with Gasteiger partial charge in [0.05, 0.1) is 12.1 Å². The minimum atomic E-state index is -0.594. The van der Waals surface area contributed by atoms with Crippen LogP contribution in [0, 0.1) is 0 Å². The molecule has 0 saturated carbocycles. The van der Waals surface area contributed by atoms with Gasteiger partial charge >= 0.3 is 0 Å². The van der Waals surface area contributed by atoms with Gasteiger partial charge in [-0.3, -0.25) is 0 Å². The van der Waals surface area contributed by atoms with E-state index in [0.717, 1.165) is 10.0 Å². The van der Waals surface area contributed by atoms with Crippen molar-refractivity contribution in [2.45, 2.75) is 19.1 Å². The average Bonchev–Trinajstić information content (AvgIpc) is 2.03. The smallest absolute Gasteiger partial charge is 0.0705 e. The number of hydrogen-bond donors (Lipinski definition) is 3. The Morgan fingerprint density at radius 2 is 2.08 bits per heavy atom. The van der Waals surface area contributed by atoms with Gasteiger partial charge in [0.25, 0.3) is 0 Å². The Hall–Kier alpha value is -0.580. The molecule has 1 unspecified atom stereocenters. The fourth-order valence-corrected chi connectivity index (χ4v) is 1.49. The fraction of sp³-hybridized carbons (Fsp3) is 0.333. The highest BCUT2D eigenvalue weighted by atomic mass is 79.9. The van der Waals surface area contributed by atoms with E-state index in [1.165, 1.54) is 0 Å². The molecule has 4 heteroatoms. The summed E-state index contributed by atoms with van der Waals surface area (Å²) in [4.78, 5) is 0. The predicted molar refractivity (Wildman–Crippen MR) is 57.2 cm³/mol. The molecule has 0 fully saturated rings. The molecule has 2 atom stereocenters. The molecule has 0 aliphatic heterocycles. The first kappa shape index (κ1) is 10.5. The van der Waals surface area contributed by atoms with Gasteiger partial charge in [-0.2, -0.15) is 0 Å². The van der Waals surface area contributed by atoms with Crippen molar-refractivity contribution in [1.82, 2.24) is 0 Å². The summed E-state index contributed by atoms with van der Waals surface area (Å²) >= 11 is 3.30. The van der Waals surface area contributed by atoms with Gasteiger partial charge in [-0.1, -0.05) is 22.0 Å². The minimum Gasteiger partial charge on any atom is -0.398 e. The van der Waals surface area contributed by atoms with E-state index >= 15 is 0 Å². The molecule has 1 aromatic carbocycles. The molecule has 0 aliphatic rings. The number of hydrogen-bond acceptors (Lipinski definition) is 3. The quantitative estimate of drug-likeness (QED) is 0.690. The van der Waals surface area contributed by atoms with Crippen molar-refractivity contribution >= 4 is 21.6 Å². The first-order valence-corrected chi connectivity index (χ1v) is 4.80. The molecule has 0 amide bonds. The van der Waals surface area contributed by atoms with Gasteiger partial charge < -0.3 is 16.6 Å². The number of anilines is 1. The van der Waals surface area contributed by atoms with Gasteiger partial charge in [-0.15, -0.1) is 0 Å². The highest BCUT2D eigenvalue weighted by Gasteiger charge is 2.14. The van der Waals surface area contributed by atoms with Crippen LogP contribution in [0.2, 0.25) is 0 Å². The number of aliphatic hydroxyl groups excluding tert-OH is 1. The molecule has 72 valence electrons. The summed E-state index contributed by atoms with van der Waals surface area (Å²) in [6.45, 7) is 1.64. The lowest BCUT2D eigenvalue weighted by Crippen LogP contribution is -2.24. The third-order valence-corrected chi connectivity index (χ3v) is 2.42. The molecule has 0 bridgehead atoms. The Morgan fingerprint density at radius 1 is 1.46 bits per heavy atom. The number of rotatable bonds is 2. The SMILES string of the molecule is CC(O)[C@H](N)c1ccc(Br)cc1N. The van der Waals surface area contributed by atoms with Crippen molar-refractivity contribution in [2.75, 3.05) is 5.73 Å². The molecule has 3 nitrogen and oxygen atoms in total. The van der Waals surface area contributed by atoms with Crippen molar-refractivity contribution < 1.29 is 5.11 Å². The van der Waals surface area contributed by atoms with Crippen LogP contribution in [0.15, 0.2) is 22.7 Å². The summed E-state index contributed by atoms with van der Waals surface area (Å²) in [5.41, 5.74) is 12.9. The maximum Gasteiger partial charge on any atom is 0.0705 e. The zero-order chi connectivity index (χ0) is 10.0. The Bertz CT molecular complexity index is 302. The van der Waals surface area contributed by atoms with Crippen LogP contribution in [0.5, 0.6) is 0 Å². The highest BCUT2D eigenvalue weighted by molar-refractivity contribution is 9.10. The summed E-state index contributed by atoms with van der Waals surface area (Å²) < 4.78 is 0.909. The molecule has 0 aliphatic carbocycles. The molecule has 0 heterocycles. The molecule has 5 N–H and O–H groups in total. The van der Waals surface area contributed by atoms with E-state index in [0.29, 0.717) is 5.69 Å². The van der Waals surface area contributed by atoms with Gasteiger partial charge in [0.2, 0.25) is 0 Å². The Labute approximate surface area is 85.9 Å². The summed E-state index contributed by atoms with van der Waals surface area (Å²) in [6, 6.07) is 5.02. The van der Waals surface area contributed by atoms with Crippen LogP contribution in [-0.2, 0) is 0 Å². The first-order chi connectivity index (χ1) is 6.02. The van der Waals surface area contributed by atoms with Crippen LogP contribution < -0.4 is 11.5 Å². The van der Waals surface area contributed by atoms with Crippen LogP contribution >= 0.6 is 15.9 Å². The van der Waals surface area contributed by atoms with Gasteiger partial charge in [0, 0.05) is 10.2 Å². The molecule has 13 heavy (non-hydrogen) atoms. The third kappa shape index (κ3) is 2.43. The Balaban J connectivity index is 3.01. The summed E-state index contributed by atoms with van der Waals surface area (Å²) in [5, 5.41) is 9.28. The monoisotopic (exact) mass is 244 g/mol. The lowest BCUT2D eigenvalue weighted by Gasteiger charge is -2.17. The molecular formula is C9H13BrN2O. The third-order valence-electron chi connectivity index (χ3n) is 1.93.